The van der Waals surface area contributed by atoms with Crippen LogP contribution in [0.5, 0.6) is 5.75 Å². The van der Waals surface area contributed by atoms with Gasteiger partial charge in [-0.1, -0.05) is 30.7 Å². The van der Waals surface area contributed by atoms with Gasteiger partial charge in [0.15, 0.2) is 0 Å². The molecule has 0 aliphatic carbocycles. The summed E-state index contributed by atoms with van der Waals surface area (Å²) in [4.78, 5) is 16.7. The average molecular weight is 545 g/mol. The van der Waals surface area contributed by atoms with E-state index in [1.807, 2.05) is 0 Å². The Hall–Kier alpha value is -3.63. The van der Waals surface area contributed by atoms with E-state index in [1.165, 1.54) is 21.3 Å². The first kappa shape index (κ1) is 26.4. The summed E-state index contributed by atoms with van der Waals surface area (Å²) in [6, 6.07) is 14.3. The molecule has 8 nitrogen and oxygen atoms in total. The Bertz CT molecular complexity index is 1610. The summed E-state index contributed by atoms with van der Waals surface area (Å²) < 4.78 is 49.2. The number of halogens is 2. The topological polar surface area (TPSA) is 93.5 Å². The molecule has 0 aliphatic heterocycles. The summed E-state index contributed by atoms with van der Waals surface area (Å²) in [5.74, 6) is -0.149. The van der Waals surface area contributed by atoms with Crippen molar-refractivity contribution in [3.63, 3.8) is 0 Å². The van der Waals surface area contributed by atoms with Crippen LogP contribution >= 0.6 is 11.6 Å². The van der Waals surface area contributed by atoms with Gasteiger partial charge in [0.2, 0.25) is 10.0 Å². The van der Waals surface area contributed by atoms with Gasteiger partial charge in [0.25, 0.3) is 5.56 Å². The molecule has 1 N–H and O–H groups in total. The molecule has 0 spiro atoms. The number of nitrogens with one attached hydrogen (secondary N) is 1. The van der Waals surface area contributed by atoms with Crippen LogP contribution in [0.15, 0.2) is 65.7 Å². The Morgan fingerprint density at radius 3 is 2.54 bits per heavy atom. The number of aryl methyl sites for hydroxylation is 1. The first-order chi connectivity index (χ1) is 17.6. The van der Waals surface area contributed by atoms with E-state index in [1.54, 1.807) is 63.5 Å². The van der Waals surface area contributed by atoms with Crippen LogP contribution in [0.3, 0.4) is 0 Å². The summed E-state index contributed by atoms with van der Waals surface area (Å²) in [5.41, 5.74) is 1.36. The van der Waals surface area contributed by atoms with E-state index in [0.717, 1.165) is 6.07 Å². The lowest BCUT2D eigenvalue weighted by molar-refractivity contribution is 0.414. The number of nitrogens with zero attached hydrogens (tertiary/aromatic N) is 3. The zero-order valence-corrected chi connectivity index (χ0v) is 22.1. The largest absolute Gasteiger partial charge is 0.497 e. The van der Waals surface area contributed by atoms with Gasteiger partial charge in [0.05, 0.1) is 53.0 Å². The maximum atomic E-state index is 15.0. The first-order valence-corrected chi connectivity index (χ1v) is 13.5. The third kappa shape index (κ3) is 5.55. The van der Waals surface area contributed by atoms with Crippen molar-refractivity contribution in [3.05, 3.63) is 87.7 Å². The summed E-state index contributed by atoms with van der Waals surface area (Å²) in [6.45, 7) is 1.76. The van der Waals surface area contributed by atoms with Crippen molar-refractivity contribution in [3.8, 4) is 5.75 Å². The maximum Gasteiger partial charge on any atom is 0.260 e. The van der Waals surface area contributed by atoms with Crippen LogP contribution in [0, 0.1) is 5.82 Å². The van der Waals surface area contributed by atoms with Gasteiger partial charge >= 0.3 is 0 Å². The highest BCUT2D eigenvalue weighted by atomic mass is 35.5. The van der Waals surface area contributed by atoms with Crippen molar-refractivity contribution in [2.24, 2.45) is 7.05 Å². The molecule has 0 saturated heterocycles. The molecular formula is C26H26ClFN4O4S. The third-order valence-corrected chi connectivity index (χ3v) is 8.11. The van der Waals surface area contributed by atoms with E-state index in [9.17, 15) is 17.6 Å². The van der Waals surface area contributed by atoms with Gasteiger partial charge in [0.1, 0.15) is 11.6 Å². The van der Waals surface area contributed by atoms with Gasteiger partial charge in [-0.2, -0.15) is 0 Å². The molecule has 0 unspecified atom stereocenters. The fourth-order valence-corrected chi connectivity index (χ4v) is 5.77. The average Bonchev–Trinajstić information content (AvgIpc) is 2.88. The van der Waals surface area contributed by atoms with E-state index in [0.29, 0.717) is 34.3 Å². The number of fused-ring (bicyclic) bond motifs is 1. The van der Waals surface area contributed by atoms with Crippen molar-refractivity contribution < 1.29 is 17.5 Å². The zero-order valence-electron chi connectivity index (χ0n) is 20.5. The van der Waals surface area contributed by atoms with Crippen LogP contribution in [-0.2, 0) is 23.6 Å². The predicted molar refractivity (Wildman–Crippen MR) is 145 cm³/mol. The van der Waals surface area contributed by atoms with Crippen molar-refractivity contribution in [1.29, 1.82) is 0 Å². The number of hydrogen-bond donors (Lipinski definition) is 1. The molecule has 0 aliphatic rings. The van der Waals surface area contributed by atoms with Gasteiger partial charge in [0, 0.05) is 12.7 Å². The molecule has 0 saturated carbocycles. The Kier molecular flexibility index (Phi) is 7.70. The predicted octanol–water partition coefficient (Wildman–Crippen LogP) is 5.22. The van der Waals surface area contributed by atoms with Gasteiger partial charge in [-0.3, -0.25) is 9.10 Å². The summed E-state index contributed by atoms with van der Waals surface area (Å²) in [6.07, 6.45) is 1.82. The number of hydrogen-bond acceptors (Lipinski definition) is 6. The second kappa shape index (κ2) is 10.8. The van der Waals surface area contributed by atoms with Crippen LogP contribution in [0.25, 0.3) is 10.9 Å². The van der Waals surface area contributed by atoms with E-state index >= 15 is 0 Å². The highest BCUT2D eigenvalue weighted by molar-refractivity contribution is 7.92. The van der Waals surface area contributed by atoms with Crippen molar-refractivity contribution in [1.82, 2.24) is 9.55 Å². The molecule has 4 aromatic rings. The third-order valence-electron chi connectivity index (χ3n) is 5.81. The minimum Gasteiger partial charge on any atom is -0.497 e. The standard InChI is InChI=1S/C26H26ClFN4O4S/c1-4-13-37(34,35)32(15-17-5-8-19(36-3)9-6-17)23-12-10-21(28)25(24(23)27)30-18-7-11-22-20(14-18)26(33)31(2)16-29-22/h5-12,14,16,30H,4,13,15H2,1-3H3. The van der Waals surface area contributed by atoms with E-state index in [-0.39, 0.29) is 34.3 Å². The Labute approximate surface area is 219 Å². The second-order valence-electron chi connectivity index (χ2n) is 8.44. The number of rotatable bonds is 9. The van der Waals surface area contributed by atoms with Crippen LogP contribution in [0.2, 0.25) is 5.02 Å². The second-order valence-corrected chi connectivity index (χ2v) is 10.8. The highest BCUT2D eigenvalue weighted by Gasteiger charge is 2.26. The fourth-order valence-electron chi connectivity index (χ4n) is 3.88. The van der Waals surface area contributed by atoms with Crippen molar-refractivity contribution in [2.45, 2.75) is 19.9 Å². The quantitative estimate of drug-likeness (QED) is 0.310. The molecule has 3 aromatic carbocycles. The molecule has 37 heavy (non-hydrogen) atoms. The SMILES string of the molecule is CCCS(=O)(=O)N(Cc1ccc(OC)cc1)c1ccc(F)c(Nc2ccc3ncn(C)c(=O)c3c2)c1Cl. The van der Waals surface area contributed by atoms with Crippen LogP contribution in [0.4, 0.5) is 21.5 Å². The molecule has 0 amide bonds. The Balaban J connectivity index is 1.77. The molecule has 4 rings (SSSR count). The molecule has 1 heterocycles. The van der Waals surface area contributed by atoms with Gasteiger partial charge in [-0.25, -0.2) is 17.8 Å². The maximum absolute atomic E-state index is 15.0. The van der Waals surface area contributed by atoms with Gasteiger partial charge in [-0.05, 0) is 54.4 Å². The number of aromatic nitrogens is 2. The minimum atomic E-state index is -3.79. The number of benzene rings is 3. The smallest absolute Gasteiger partial charge is 0.260 e. The van der Waals surface area contributed by atoms with Crippen molar-refractivity contribution in [2.75, 3.05) is 22.5 Å². The van der Waals surface area contributed by atoms with E-state index in [2.05, 4.69) is 10.3 Å². The Morgan fingerprint density at radius 1 is 1.14 bits per heavy atom. The lowest BCUT2D eigenvalue weighted by Crippen LogP contribution is -2.32. The summed E-state index contributed by atoms with van der Waals surface area (Å²) in [7, 11) is -0.657. The number of anilines is 3. The lowest BCUT2D eigenvalue weighted by atomic mass is 10.2. The highest BCUT2D eigenvalue weighted by Crippen LogP contribution is 2.39. The lowest BCUT2D eigenvalue weighted by Gasteiger charge is -2.26. The molecule has 0 fully saturated rings. The molecule has 0 bridgehead atoms. The van der Waals surface area contributed by atoms with Gasteiger partial charge in [-0.15, -0.1) is 0 Å². The first-order valence-electron chi connectivity index (χ1n) is 11.5. The molecule has 0 atom stereocenters. The number of ether oxygens (including phenoxy) is 1. The van der Waals surface area contributed by atoms with Crippen LogP contribution < -0.4 is 19.9 Å². The van der Waals surface area contributed by atoms with E-state index in [4.69, 9.17) is 16.3 Å². The monoisotopic (exact) mass is 544 g/mol. The molecule has 0 radical (unpaired) electrons. The normalized spacial score (nSPS) is 11.5. The zero-order chi connectivity index (χ0) is 26.7. The Morgan fingerprint density at radius 2 is 1.86 bits per heavy atom. The van der Waals surface area contributed by atoms with E-state index < -0.39 is 15.8 Å². The molecule has 1 aromatic heterocycles. The minimum absolute atomic E-state index is 0.00515. The van der Waals surface area contributed by atoms with Crippen molar-refractivity contribution >= 4 is 49.6 Å². The summed E-state index contributed by atoms with van der Waals surface area (Å²) in [5, 5.41) is 3.15. The molecule has 194 valence electrons. The fraction of sp³-hybridized carbons (Fsp3) is 0.231. The van der Waals surface area contributed by atoms with Crippen LogP contribution in [-0.4, -0.2) is 30.8 Å². The number of methoxy groups -OCH3 is 1. The number of sulfonamides is 1. The summed E-state index contributed by atoms with van der Waals surface area (Å²) >= 11 is 6.65. The molecular weight excluding hydrogens is 519 g/mol. The van der Waals surface area contributed by atoms with Crippen LogP contribution in [0.1, 0.15) is 18.9 Å². The van der Waals surface area contributed by atoms with Gasteiger partial charge < -0.3 is 14.6 Å². The molecule has 11 heteroatoms.